The van der Waals surface area contributed by atoms with Gasteiger partial charge in [0.25, 0.3) is 10.0 Å². The quantitative estimate of drug-likeness (QED) is 0.623. The predicted octanol–water partition coefficient (Wildman–Crippen LogP) is 4.24. The van der Waals surface area contributed by atoms with Crippen LogP contribution >= 0.6 is 15.9 Å². The van der Waals surface area contributed by atoms with E-state index in [1.165, 1.54) is 20.3 Å². The van der Waals surface area contributed by atoms with Crippen LogP contribution in [-0.2, 0) is 21.0 Å². The predicted molar refractivity (Wildman–Crippen MR) is 104 cm³/mol. The average Bonchev–Trinajstić information content (AvgIpc) is 2.60. The fraction of sp³-hybridized carbons (Fsp3) is 0.235. The van der Waals surface area contributed by atoms with Gasteiger partial charge in [0.15, 0.2) is 11.5 Å². The zero-order valence-corrected chi connectivity index (χ0v) is 17.8. The first kappa shape index (κ1) is 22.8. The molecular weight excluding hydrogens is 481 g/mol. The minimum Gasteiger partial charge on any atom is -0.493 e. The summed E-state index contributed by atoms with van der Waals surface area (Å²) in [5, 5.41) is 2.22. The van der Waals surface area contributed by atoms with Crippen LogP contribution in [0.5, 0.6) is 11.5 Å². The van der Waals surface area contributed by atoms with E-state index in [0.29, 0.717) is 6.07 Å². The first-order chi connectivity index (χ1) is 13.4. The van der Waals surface area contributed by atoms with Crippen LogP contribution in [0.4, 0.5) is 24.5 Å². The molecule has 0 spiro atoms. The average molecular weight is 497 g/mol. The van der Waals surface area contributed by atoms with Crippen LogP contribution in [0.3, 0.4) is 0 Å². The third-order valence-electron chi connectivity index (χ3n) is 3.62. The fourth-order valence-corrected chi connectivity index (χ4v) is 4.51. The number of methoxy groups -OCH3 is 2. The zero-order chi connectivity index (χ0) is 22.0. The molecule has 0 fully saturated rings. The Morgan fingerprint density at radius 2 is 1.66 bits per heavy atom. The lowest BCUT2D eigenvalue weighted by Crippen LogP contribution is -2.18. The number of carbonyl (C=O) groups is 1. The van der Waals surface area contributed by atoms with Crippen molar-refractivity contribution >= 4 is 43.2 Å². The highest BCUT2D eigenvalue weighted by Gasteiger charge is 2.35. The second kappa shape index (κ2) is 8.49. The molecule has 2 aromatic carbocycles. The summed E-state index contributed by atoms with van der Waals surface area (Å²) in [6.45, 7) is 1.14. The zero-order valence-electron chi connectivity index (χ0n) is 15.3. The molecule has 29 heavy (non-hydrogen) atoms. The molecule has 2 aromatic rings. The van der Waals surface area contributed by atoms with Gasteiger partial charge in [-0.3, -0.25) is 9.52 Å². The maximum atomic E-state index is 13.4. The molecule has 2 N–H and O–H groups in total. The second-order valence-corrected chi connectivity index (χ2v) is 8.19. The maximum Gasteiger partial charge on any atom is 0.418 e. The van der Waals surface area contributed by atoms with Gasteiger partial charge in [0.1, 0.15) is 4.90 Å². The van der Waals surface area contributed by atoms with Crippen LogP contribution in [0, 0.1) is 0 Å². The van der Waals surface area contributed by atoms with Gasteiger partial charge in [0.2, 0.25) is 5.91 Å². The lowest BCUT2D eigenvalue weighted by atomic mass is 10.1. The number of alkyl halides is 3. The lowest BCUT2D eigenvalue weighted by molar-refractivity contribution is -0.136. The molecule has 0 bridgehead atoms. The van der Waals surface area contributed by atoms with Crippen LogP contribution in [0.15, 0.2) is 39.7 Å². The minimum atomic E-state index is -4.87. The first-order valence-electron chi connectivity index (χ1n) is 7.82. The van der Waals surface area contributed by atoms with Gasteiger partial charge < -0.3 is 14.8 Å². The monoisotopic (exact) mass is 496 g/mol. The highest BCUT2D eigenvalue weighted by Crippen LogP contribution is 2.39. The van der Waals surface area contributed by atoms with Crippen molar-refractivity contribution in [2.45, 2.75) is 18.0 Å². The van der Waals surface area contributed by atoms with Crippen LogP contribution in [0.1, 0.15) is 12.5 Å². The SMILES string of the molecule is COc1cc(Br)c(S(=O)(=O)Nc2ccc(NC(C)=O)cc2C(F)(F)F)cc1OC. The Labute approximate surface area is 173 Å². The number of amides is 1. The van der Waals surface area contributed by atoms with Crippen LogP contribution < -0.4 is 19.5 Å². The molecule has 7 nitrogen and oxygen atoms in total. The van der Waals surface area contributed by atoms with Gasteiger partial charge in [0.05, 0.1) is 25.5 Å². The summed E-state index contributed by atoms with van der Waals surface area (Å²) in [7, 11) is -1.80. The van der Waals surface area contributed by atoms with Crippen LogP contribution in [0.2, 0.25) is 0 Å². The van der Waals surface area contributed by atoms with E-state index in [-0.39, 0.29) is 26.6 Å². The third-order valence-corrected chi connectivity index (χ3v) is 5.94. The summed E-state index contributed by atoms with van der Waals surface area (Å²) in [6.07, 6.45) is -4.87. The Balaban J connectivity index is 2.54. The number of halogens is 4. The summed E-state index contributed by atoms with van der Waals surface area (Å²) in [4.78, 5) is 10.7. The van der Waals surface area contributed by atoms with Gasteiger partial charge in [-0.05, 0) is 40.2 Å². The van der Waals surface area contributed by atoms with Crippen LogP contribution in [0.25, 0.3) is 0 Å². The molecule has 0 radical (unpaired) electrons. The number of rotatable bonds is 6. The molecule has 1 amide bonds. The molecule has 0 atom stereocenters. The van der Waals surface area contributed by atoms with E-state index < -0.39 is 33.4 Å². The van der Waals surface area contributed by atoms with E-state index in [4.69, 9.17) is 9.47 Å². The summed E-state index contributed by atoms with van der Waals surface area (Å²) in [5.41, 5.74) is -2.09. The van der Waals surface area contributed by atoms with Gasteiger partial charge >= 0.3 is 6.18 Å². The van der Waals surface area contributed by atoms with E-state index in [9.17, 15) is 26.4 Å². The van der Waals surface area contributed by atoms with E-state index in [1.807, 2.05) is 4.72 Å². The number of ether oxygens (including phenoxy) is 2. The number of hydrogen-bond donors (Lipinski definition) is 2. The smallest absolute Gasteiger partial charge is 0.418 e. The van der Waals surface area contributed by atoms with Gasteiger partial charge in [-0.1, -0.05) is 0 Å². The normalized spacial score (nSPS) is 11.7. The van der Waals surface area contributed by atoms with Crippen molar-refractivity contribution in [1.82, 2.24) is 0 Å². The fourth-order valence-electron chi connectivity index (χ4n) is 2.39. The lowest BCUT2D eigenvalue weighted by Gasteiger charge is -2.17. The number of sulfonamides is 1. The molecule has 0 aromatic heterocycles. The van der Waals surface area contributed by atoms with E-state index in [2.05, 4.69) is 21.2 Å². The van der Waals surface area contributed by atoms with Crippen LogP contribution in [-0.4, -0.2) is 28.5 Å². The summed E-state index contributed by atoms with van der Waals surface area (Å²) < 4.78 is 78.0. The highest BCUT2D eigenvalue weighted by molar-refractivity contribution is 9.10. The highest BCUT2D eigenvalue weighted by atomic mass is 79.9. The van der Waals surface area contributed by atoms with Gasteiger partial charge in [0, 0.05) is 23.2 Å². The minimum absolute atomic E-state index is 0.0612. The number of benzene rings is 2. The van der Waals surface area contributed by atoms with Crippen molar-refractivity contribution in [2.75, 3.05) is 24.3 Å². The number of carbonyl (C=O) groups excluding carboxylic acids is 1. The van der Waals surface area contributed by atoms with E-state index in [0.717, 1.165) is 25.1 Å². The molecule has 0 heterocycles. The Bertz CT molecular complexity index is 1040. The molecule has 0 aliphatic rings. The molecule has 0 saturated carbocycles. The summed E-state index contributed by atoms with van der Waals surface area (Å²) >= 11 is 3.07. The largest absolute Gasteiger partial charge is 0.493 e. The molecule has 158 valence electrons. The molecule has 0 aliphatic carbocycles. The van der Waals surface area contributed by atoms with E-state index in [1.54, 1.807) is 0 Å². The van der Waals surface area contributed by atoms with Crippen molar-refractivity contribution in [2.24, 2.45) is 0 Å². The number of nitrogens with one attached hydrogen (secondary N) is 2. The topological polar surface area (TPSA) is 93.7 Å². The standard InChI is InChI=1S/C17H16BrF3N2O5S/c1-9(24)22-10-4-5-13(11(6-10)17(19,20)21)23-29(25,26)16-8-15(28-3)14(27-2)7-12(16)18/h4-8,23H,1-3H3,(H,22,24). The van der Waals surface area contributed by atoms with Crippen molar-refractivity contribution in [3.05, 3.63) is 40.4 Å². The Hall–Kier alpha value is -2.47. The summed E-state index contributed by atoms with van der Waals surface area (Å²) in [5.74, 6) is -0.261. The molecule has 12 heteroatoms. The van der Waals surface area contributed by atoms with Crippen molar-refractivity contribution in [3.8, 4) is 11.5 Å². The van der Waals surface area contributed by atoms with Gasteiger partial charge in [-0.2, -0.15) is 13.2 Å². The second-order valence-electron chi connectivity index (χ2n) is 5.68. The third kappa shape index (κ3) is 5.32. The van der Waals surface area contributed by atoms with Crippen molar-refractivity contribution in [1.29, 1.82) is 0 Å². The number of hydrogen-bond acceptors (Lipinski definition) is 5. The van der Waals surface area contributed by atoms with E-state index >= 15 is 0 Å². The molecule has 0 saturated heterocycles. The molecule has 2 rings (SSSR count). The van der Waals surface area contributed by atoms with Gasteiger partial charge in [-0.25, -0.2) is 8.42 Å². The first-order valence-corrected chi connectivity index (χ1v) is 10.1. The van der Waals surface area contributed by atoms with Gasteiger partial charge in [-0.15, -0.1) is 0 Å². The molecular formula is C17H16BrF3N2O5S. The Kier molecular flexibility index (Phi) is 6.68. The Morgan fingerprint density at radius 3 is 2.17 bits per heavy atom. The van der Waals surface area contributed by atoms with Crippen molar-refractivity contribution in [3.63, 3.8) is 0 Å². The Morgan fingerprint density at radius 1 is 1.07 bits per heavy atom. The molecule has 0 unspecified atom stereocenters. The van der Waals surface area contributed by atoms with Crippen molar-refractivity contribution < 1.29 is 35.9 Å². The molecule has 0 aliphatic heterocycles. The summed E-state index contributed by atoms with van der Waals surface area (Å²) in [6, 6.07) is 5.14. The maximum absolute atomic E-state index is 13.4. The number of anilines is 2.